The van der Waals surface area contributed by atoms with Crippen LogP contribution in [-0.4, -0.2) is 42.5 Å². The van der Waals surface area contributed by atoms with Crippen molar-refractivity contribution < 1.29 is 14.8 Å². The predicted octanol–water partition coefficient (Wildman–Crippen LogP) is -0.0200. The summed E-state index contributed by atoms with van der Waals surface area (Å²) in [6, 6.07) is 7.31. The Labute approximate surface area is 102 Å². The van der Waals surface area contributed by atoms with Crippen LogP contribution in [0.15, 0.2) is 24.3 Å². The van der Waals surface area contributed by atoms with Gasteiger partial charge in [0.2, 0.25) is 0 Å². The maximum atomic E-state index is 9.03. The van der Waals surface area contributed by atoms with Crippen molar-refractivity contribution in [2.75, 3.05) is 18.0 Å². The number of ether oxygens (including phenoxy) is 1. The van der Waals surface area contributed by atoms with E-state index in [-0.39, 0.29) is 12.2 Å². The van der Waals surface area contributed by atoms with Crippen LogP contribution >= 0.6 is 0 Å². The van der Waals surface area contributed by atoms with Gasteiger partial charge in [-0.3, -0.25) is 0 Å². The zero-order valence-electron chi connectivity index (χ0n) is 10.2. The zero-order valence-corrected chi connectivity index (χ0v) is 10.2. The Bertz CT molecular complexity index is 359. The van der Waals surface area contributed by atoms with Crippen LogP contribution in [0.4, 0.5) is 5.69 Å². The molecule has 5 heteroatoms. The summed E-state index contributed by atoms with van der Waals surface area (Å²) in [5.41, 5.74) is 1.61. The SMILES string of the molecule is C[C@@H]1CN(c2ccc(B(O)O)cc2)C[C@H](C)O1. The fourth-order valence-corrected chi connectivity index (χ4v) is 2.25. The quantitative estimate of drug-likeness (QED) is 0.707. The van der Waals surface area contributed by atoms with E-state index in [2.05, 4.69) is 18.7 Å². The van der Waals surface area contributed by atoms with Gasteiger partial charge in [0.25, 0.3) is 0 Å². The molecule has 2 atom stereocenters. The summed E-state index contributed by atoms with van der Waals surface area (Å²) in [4.78, 5) is 2.26. The Kier molecular flexibility index (Phi) is 3.71. The molecule has 0 unspecified atom stereocenters. The van der Waals surface area contributed by atoms with Crippen molar-refractivity contribution in [1.29, 1.82) is 0 Å². The first-order valence-electron chi connectivity index (χ1n) is 5.93. The Morgan fingerprint density at radius 3 is 2.12 bits per heavy atom. The third-order valence-corrected chi connectivity index (χ3v) is 2.98. The standard InChI is InChI=1S/C12H18BNO3/c1-9-7-14(8-10(2)17-9)12-5-3-11(4-6-12)13(15)16/h3-6,9-10,15-16H,7-8H2,1-2H3/t9-,10+. The van der Waals surface area contributed by atoms with Gasteiger partial charge in [0.05, 0.1) is 12.2 Å². The summed E-state index contributed by atoms with van der Waals surface area (Å²) >= 11 is 0. The van der Waals surface area contributed by atoms with Crippen LogP contribution in [0.5, 0.6) is 0 Å². The maximum absolute atomic E-state index is 9.03. The molecule has 0 amide bonds. The van der Waals surface area contributed by atoms with E-state index >= 15 is 0 Å². The van der Waals surface area contributed by atoms with Crippen LogP contribution in [0.25, 0.3) is 0 Å². The van der Waals surface area contributed by atoms with E-state index < -0.39 is 7.12 Å². The molecule has 92 valence electrons. The number of rotatable bonds is 2. The molecule has 2 rings (SSSR count). The predicted molar refractivity (Wildman–Crippen MR) is 68.5 cm³/mol. The van der Waals surface area contributed by atoms with Gasteiger partial charge in [-0.2, -0.15) is 0 Å². The van der Waals surface area contributed by atoms with Crippen LogP contribution in [0, 0.1) is 0 Å². The van der Waals surface area contributed by atoms with Gasteiger partial charge in [0.1, 0.15) is 0 Å². The number of anilines is 1. The van der Waals surface area contributed by atoms with Crippen LogP contribution in [0.1, 0.15) is 13.8 Å². The largest absolute Gasteiger partial charge is 0.488 e. The molecule has 1 fully saturated rings. The average Bonchev–Trinajstić information content (AvgIpc) is 2.28. The lowest BCUT2D eigenvalue weighted by Crippen LogP contribution is -2.45. The number of hydrogen-bond acceptors (Lipinski definition) is 4. The number of benzene rings is 1. The summed E-state index contributed by atoms with van der Waals surface area (Å²) in [5.74, 6) is 0. The molecule has 4 nitrogen and oxygen atoms in total. The average molecular weight is 235 g/mol. The van der Waals surface area contributed by atoms with Gasteiger partial charge in [-0.25, -0.2) is 0 Å². The van der Waals surface area contributed by atoms with E-state index in [1.54, 1.807) is 12.1 Å². The topological polar surface area (TPSA) is 52.9 Å². The van der Waals surface area contributed by atoms with Crippen molar-refractivity contribution in [3.05, 3.63) is 24.3 Å². The van der Waals surface area contributed by atoms with Crippen molar-refractivity contribution in [2.45, 2.75) is 26.1 Å². The minimum Gasteiger partial charge on any atom is -0.423 e. The van der Waals surface area contributed by atoms with E-state index in [4.69, 9.17) is 14.8 Å². The van der Waals surface area contributed by atoms with Crippen LogP contribution in [-0.2, 0) is 4.74 Å². The molecular weight excluding hydrogens is 217 g/mol. The van der Waals surface area contributed by atoms with Crippen molar-refractivity contribution in [3.8, 4) is 0 Å². The van der Waals surface area contributed by atoms with E-state index in [1.807, 2.05) is 12.1 Å². The van der Waals surface area contributed by atoms with Crippen molar-refractivity contribution in [3.63, 3.8) is 0 Å². The van der Waals surface area contributed by atoms with Gasteiger partial charge >= 0.3 is 7.12 Å². The fraction of sp³-hybridized carbons (Fsp3) is 0.500. The van der Waals surface area contributed by atoms with Crippen LogP contribution in [0.2, 0.25) is 0 Å². The smallest absolute Gasteiger partial charge is 0.423 e. The van der Waals surface area contributed by atoms with E-state index in [9.17, 15) is 0 Å². The lowest BCUT2D eigenvalue weighted by molar-refractivity contribution is -0.00521. The van der Waals surface area contributed by atoms with E-state index in [1.165, 1.54) is 0 Å². The number of hydrogen-bond donors (Lipinski definition) is 2. The Morgan fingerprint density at radius 1 is 1.12 bits per heavy atom. The van der Waals surface area contributed by atoms with Gasteiger partial charge < -0.3 is 19.7 Å². The molecule has 0 aliphatic carbocycles. The molecule has 1 aliphatic heterocycles. The lowest BCUT2D eigenvalue weighted by Gasteiger charge is -2.36. The van der Waals surface area contributed by atoms with Crippen LogP contribution < -0.4 is 10.4 Å². The molecule has 0 bridgehead atoms. The number of morpholine rings is 1. The van der Waals surface area contributed by atoms with Crippen LogP contribution in [0.3, 0.4) is 0 Å². The molecule has 1 aliphatic rings. The Balaban J connectivity index is 2.11. The van der Waals surface area contributed by atoms with E-state index in [0.717, 1.165) is 18.8 Å². The van der Waals surface area contributed by atoms with Gasteiger partial charge in [-0.15, -0.1) is 0 Å². The van der Waals surface area contributed by atoms with Gasteiger partial charge in [0, 0.05) is 18.8 Å². The van der Waals surface area contributed by atoms with Crippen molar-refractivity contribution >= 4 is 18.3 Å². The molecule has 0 aromatic heterocycles. The molecule has 0 saturated carbocycles. The molecule has 0 spiro atoms. The second-order valence-corrected chi connectivity index (χ2v) is 4.63. The minimum atomic E-state index is -1.40. The Hall–Kier alpha value is -1.04. The maximum Gasteiger partial charge on any atom is 0.488 e. The number of nitrogens with zero attached hydrogens (tertiary/aromatic N) is 1. The molecule has 0 radical (unpaired) electrons. The van der Waals surface area contributed by atoms with Gasteiger partial charge in [0.15, 0.2) is 0 Å². The highest BCUT2D eigenvalue weighted by molar-refractivity contribution is 6.58. The molecule has 1 saturated heterocycles. The molecule has 2 N–H and O–H groups in total. The summed E-state index contributed by atoms with van der Waals surface area (Å²) < 4.78 is 5.68. The first-order valence-corrected chi connectivity index (χ1v) is 5.93. The molecule has 1 aromatic rings. The highest BCUT2D eigenvalue weighted by Gasteiger charge is 2.22. The zero-order chi connectivity index (χ0) is 12.4. The lowest BCUT2D eigenvalue weighted by atomic mass is 9.80. The minimum absolute atomic E-state index is 0.224. The summed E-state index contributed by atoms with van der Waals surface area (Å²) in [6.45, 7) is 5.86. The molecular formula is C12H18BNO3. The third kappa shape index (κ3) is 3.00. The molecule has 17 heavy (non-hydrogen) atoms. The summed E-state index contributed by atoms with van der Waals surface area (Å²) in [5, 5.41) is 18.1. The Morgan fingerprint density at radius 2 is 1.65 bits per heavy atom. The van der Waals surface area contributed by atoms with E-state index in [0.29, 0.717) is 5.46 Å². The van der Waals surface area contributed by atoms with Crippen molar-refractivity contribution in [2.24, 2.45) is 0 Å². The second-order valence-electron chi connectivity index (χ2n) is 4.63. The monoisotopic (exact) mass is 235 g/mol. The van der Waals surface area contributed by atoms with Gasteiger partial charge in [-0.05, 0) is 31.4 Å². The van der Waals surface area contributed by atoms with Crippen molar-refractivity contribution in [1.82, 2.24) is 0 Å². The summed E-state index contributed by atoms with van der Waals surface area (Å²) in [7, 11) is -1.40. The molecule has 1 heterocycles. The third-order valence-electron chi connectivity index (χ3n) is 2.98. The first-order chi connectivity index (χ1) is 8.06. The summed E-state index contributed by atoms with van der Waals surface area (Å²) in [6.07, 6.45) is 0.448. The normalized spacial score (nSPS) is 24.8. The highest BCUT2D eigenvalue weighted by atomic mass is 16.5. The second kappa shape index (κ2) is 5.08. The highest BCUT2D eigenvalue weighted by Crippen LogP contribution is 2.19. The fourth-order valence-electron chi connectivity index (χ4n) is 2.25. The van der Waals surface area contributed by atoms with Gasteiger partial charge in [-0.1, -0.05) is 12.1 Å². The molecule has 1 aromatic carbocycles. The first kappa shape index (κ1) is 12.4.